The molecule has 0 saturated carbocycles. The number of hydrogen-bond donors (Lipinski definition) is 0. The van der Waals surface area contributed by atoms with Crippen LogP contribution in [0.3, 0.4) is 0 Å². The number of benzene rings is 4. The Morgan fingerprint density at radius 2 is 1.26 bits per heavy atom. The third-order valence-corrected chi connectivity index (χ3v) is 8.21. The molecule has 7 nitrogen and oxygen atoms in total. The molecule has 0 atom stereocenters. The Hall–Kier alpha value is -6.26. The Labute approximate surface area is 245 Å². The fourth-order valence-electron chi connectivity index (χ4n) is 6.39. The van der Waals surface area contributed by atoms with Crippen molar-refractivity contribution in [3.05, 3.63) is 133 Å². The summed E-state index contributed by atoms with van der Waals surface area (Å²) in [5.41, 5.74) is 9.89. The molecule has 4 aromatic carbocycles. The Balaban J connectivity index is 1.35. The van der Waals surface area contributed by atoms with Gasteiger partial charge in [-0.1, -0.05) is 42.5 Å². The van der Waals surface area contributed by atoms with Crippen molar-refractivity contribution in [3.8, 4) is 28.6 Å². The zero-order valence-electron chi connectivity index (χ0n) is 22.8. The van der Waals surface area contributed by atoms with Crippen molar-refractivity contribution in [2.24, 2.45) is 0 Å². The zero-order valence-corrected chi connectivity index (χ0v) is 22.8. The standard InChI is InChI=1S/C36H21N7/c37-22-23-17-18-24(41-34-26(10-7-19-38-34)27-11-8-20-39-35(27)41)21-28(23)25-9-1-3-13-30(25)42-32-15-5-6-16-33(32)43-31-14-4-2-12-29(31)40-36(42)43/h1-21H. The van der Waals surface area contributed by atoms with Gasteiger partial charge in [-0.15, -0.1) is 0 Å². The third kappa shape index (κ3) is 3.26. The second-order valence-corrected chi connectivity index (χ2v) is 10.5. The van der Waals surface area contributed by atoms with Crippen molar-refractivity contribution in [1.29, 1.82) is 5.26 Å². The molecule has 0 unspecified atom stereocenters. The van der Waals surface area contributed by atoms with Crippen LogP contribution in [0.15, 0.2) is 128 Å². The van der Waals surface area contributed by atoms with E-state index in [9.17, 15) is 5.26 Å². The molecule has 0 aliphatic heterocycles. The topological polar surface area (TPSA) is 76.7 Å². The van der Waals surface area contributed by atoms with Gasteiger partial charge in [0.25, 0.3) is 0 Å². The second kappa shape index (κ2) is 8.87. The highest BCUT2D eigenvalue weighted by molar-refractivity contribution is 6.06. The molecule has 0 N–H and O–H groups in total. The predicted octanol–water partition coefficient (Wildman–Crippen LogP) is 7.86. The minimum Gasteiger partial charge on any atom is -0.278 e. The van der Waals surface area contributed by atoms with Crippen molar-refractivity contribution in [3.63, 3.8) is 0 Å². The molecule has 43 heavy (non-hydrogen) atoms. The van der Waals surface area contributed by atoms with E-state index in [0.29, 0.717) is 5.56 Å². The number of imidazole rings is 2. The molecule has 0 aliphatic rings. The first kappa shape index (κ1) is 23.4. The molecule has 0 spiro atoms. The summed E-state index contributed by atoms with van der Waals surface area (Å²) in [4.78, 5) is 14.5. The fourth-order valence-corrected chi connectivity index (χ4v) is 6.39. The Kier molecular flexibility index (Phi) is 4.84. The van der Waals surface area contributed by atoms with E-state index in [2.05, 4.69) is 74.2 Å². The van der Waals surface area contributed by atoms with E-state index in [1.54, 1.807) is 12.4 Å². The number of para-hydroxylation sites is 5. The van der Waals surface area contributed by atoms with Crippen LogP contribution in [0.2, 0.25) is 0 Å². The number of fused-ring (bicyclic) bond motifs is 8. The van der Waals surface area contributed by atoms with E-state index in [1.807, 2.05) is 60.7 Å². The molecule has 5 heterocycles. The smallest absolute Gasteiger partial charge is 0.220 e. The minimum atomic E-state index is 0.582. The summed E-state index contributed by atoms with van der Waals surface area (Å²) < 4.78 is 6.48. The molecule has 0 aliphatic carbocycles. The van der Waals surface area contributed by atoms with Gasteiger partial charge >= 0.3 is 0 Å². The monoisotopic (exact) mass is 551 g/mol. The van der Waals surface area contributed by atoms with Gasteiger partial charge in [-0.05, 0) is 72.8 Å². The molecule has 0 radical (unpaired) electrons. The SMILES string of the molecule is N#Cc1ccc(-n2c3ncccc3c3cccnc32)cc1-c1ccccc1-n1c2ccccc2n2c3ccccc3nc12. The normalized spacial score (nSPS) is 11.7. The average Bonchev–Trinajstić information content (AvgIpc) is 3.71. The molecule has 7 heteroatoms. The first-order chi connectivity index (χ1) is 21.3. The Bertz CT molecular complexity index is 2540. The van der Waals surface area contributed by atoms with Gasteiger partial charge in [0.05, 0.1) is 39.4 Å². The quantitative estimate of drug-likeness (QED) is 0.224. The molecular weight excluding hydrogens is 530 g/mol. The summed E-state index contributed by atoms with van der Waals surface area (Å²) in [6.45, 7) is 0. The largest absolute Gasteiger partial charge is 0.278 e. The van der Waals surface area contributed by atoms with E-state index in [0.717, 1.165) is 72.4 Å². The highest BCUT2D eigenvalue weighted by atomic mass is 15.2. The second-order valence-electron chi connectivity index (χ2n) is 10.5. The zero-order chi connectivity index (χ0) is 28.5. The van der Waals surface area contributed by atoms with Crippen molar-refractivity contribution in [1.82, 2.24) is 28.5 Å². The molecule has 0 amide bonds. The first-order valence-electron chi connectivity index (χ1n) is 14.0. The number of aromatic nitrogens is 6. The van der Waals surface area contributed by atoms with E-state index in [-0.39, 0.29) is 0 Å². The first-order valence-corrected chi connectivity index (χ1v) is 14.0. The van der Waals surface area contributed by atoms with Gasteiger partial charge in [0.1, 0.15) is 11.3 Å². The number of hydrogen-bond acceptors (Lipinski definition) is 4. The highest BCUT2D eigenvalue weighted by Gasteiger charge is 2.21. The van der Waals surface area contributed by atoms with E-state index < -0.39 is 0 Å². The number of nitrogens with zero attached hydrogens (tertiary/aromatic N) is 7. The molecule has 0 bridgehead atoms. The average molecular weight is 552 g/mol. The van der Waals surface area contributed by atoms with Gasteiger partial charge in [0.2, 0.25) is 5.78 Å². The highest BCUT2D eigenvalue weighted by Crippen LogP contribution is 2.37. The van der Waals surface area contributed by atoms with Crippen LogP contribution in [0, 0.1) is 11.3 Å². The van der Waals surface area contributed by atoms with Gasteiger partial charge < -0.3 is 0 Å². The third-order valence-electron chi connectivity index (χ3n) is 8.21. The molecular formula is C36H21N7. The van der Waals surface area contributed by atoms with Crippen LogP contribution in [0.1, 0.15) is 5.56 Å². The maximum Gasteiger partial charge on any atom is 0.220 e. The van der Waals surface area contributed by atoms with Crippen molar-refractivity contribution in [2.75, 3.05) is 0 Å². The van der Waals surface area contributed by atoms with Crippen molar-refractivity contribution >= 4 is 49.9 Å². The Morgan fingerprint density at radius 1 is 0.581 bits per heavy atom. The van der Waals surface area contributed by atoms with Gasteiger partial charge in [-0.2, -0.15) is 5.26 Å². The van der Waals surface area contributed by atoms with Gasteiger partial charge in [-0.3, -0.25) is 13.5 Å². The summed E-state index contributed by atoms with van der Waals surface area (Å²) in [6.07, 6.45) is 3.60. The molecule has 0 fully saturated rings. The van der Waals surface area contributed by atoms with Crippen LogP contribution in [0.25, 0.3) is 72.4 Å². The summed E-state index contributed by atoms with van der Waals surface area (Å²) >= 11 is 0. The maximum absolute atomic E-state index is 10.3. The van der Waals surface area contributed by atoms with Gasteiger partial charge in [-0.25, -0.2) is 15.0 Å². The lowest BCUT2D eigenvalue weighted by molar-refractivity contribution is 1.10. The molecule has 9 aromatic rings. The van der Waals surface area contributed by atoms with Crippen molar-refractivity contribution < 1.29 is 0 Å². The summed E-state index contributed by atoms with van der Waals surface area (Å²) in [6, 6.07) is 41.2. The lowest BCUT2D eigenvalue weighted by Crippen LogP contribution is -2.01. The predicted molar refractivity (Wildman–Crippen MR) is 170 cm³/mol. The van der Waals surface area contributed by atoms with Crippen LogP contribution in [0.5, 0.6) is 0 Å². The van der Waals surface area contributed by atoms with Crippen LogP contribution < -0.4 is 0 Å². The lowest BCUT2D eigenvalue weighted by atomic mass is 9.97. The molecule has 9 rings (SSSR count). The van der Waals surface area contributed by atoms with E-state index in [4.69, 9.17) is 15.0 Å². The molecule has 5 aromatic heterocycles. The fraction of sp³-hybridized carbons (Fsp3) is 0. The Morgan fingerprint density at radius 3 is 2.02 bits per heavy atom. The van der Waals surface area contributed by atoms with Crippen LogP contribution in [-0.4, -0.2) is 28.5 Å². The summed E-state index contributed by atoms with van der Waals surface area (Å²) in [7, 11) is 0. The maximum atomic E-state index is 10.3. The van der Waals surface area contributed by atoms with E-state index in [1.165, 1.54) is 0 Å². The minimum absolute atomic E-state index is 0.582. The molecule has 200 valence electrons. The summed E-state index contributed by atoms with van der Waals surface area (Å²) in [5, 5.41) is 12.4. The summed E-state index contributed by atoms with van der Waals surface area (Å²) in [5.74, 6) is 0.820. The number of nitriles is 1. The number of pyridine rings is 2. The lowest BCUT2D eigenvalue weighted by Gasteiger charge is -2.15. The number of rotatable bonds is 3. The van der Waals surface area contributed by atoms with Crippen LogP contribution >= 0.6 is 0 Å². The van der Waals surface area contributed by atoms with E-state index >= 15 is 0 Å². The van der Waals surface area contributed by atoms with Crippen molar-refractivity contribution in [2.45, 2.75) is 0 Å². The van der Waals surface area contributed by atoms with Crippen LogP contribution in [0.4, 0.5) is 0 Å². The molecule has 0 saturated heterocycles. The van der Waals surface area contributed by atoms with Gasteiger partial charge in [0.15, 0.2) is 0 Å². The van der Waals surface area contributed by atoms with Gasteiger partial charge in [0, 0.05) is 40.0 Å². The van der Waals surface area contributed by atoms with Crippen LogP contribution in [-0.2, 0) is 0 Å².